The highest BCUT2D eigenvalue weighted by Gasteiger charge is 2.22. The first kappa shape index (κ1) is 10.9. The first-order valence-electron chi connectivity index (χ1n) is 5.42. The molecule has 0 aromatic heterocycles. The number of hydrogen-bond acceptors (Lipinski definition) is 2. The Balaban J connectivity index is 2.00. The van der Waals surface area contributed by atoms with Gasteiger partial charge in [0.15, 0.2) is 0 Å². The minimum Gasteiger partial charge on any atom is -0.481 e. The highest BCUT2D eigenvalue weighted by molar-refractivity contribution is 5.66. The quantitative estimate of drug-likeness (QED) is 0.824. The second kappa shape index (κ2) is 4.51. The maximum Gasteiger partial charge on any atom is 0.303 e. The van der Waals surface area contributed by atoms with Crippen molar-refractivity contribution in [3.8, 4) is 0 Å². The van der Waals surface area contributed by atoms with Gasteiger partial charge in [0.25, 0.3) is 0 Å². The van der Waals surface area contributed by atoms with Crippen molar-refractivity contribution in [1.29, 1.82) is 0 Å². The molecule has 1 atom stereocenters. The fraction of sp³-hybridized carbons (Fsp3) is 0.417. The van der Waals surface area contributed by atoms with E-state index in [1.807, 2.05) is 0 Å². The number of fused-ring (bicyclic) bond motifs is 1. The standard InChI is InChI=1S/C12H14FNO2/c13-9-4-5-11-10(6-9)8(7-14-11)2-1-3-12(15)16/h4-6,8,14H,1-3,7H2,(H,15,16). The summed E-state index contributed by atoms with van der Waals surface area (Å²) in [5.74, 6) is -0.763. The van der Waals surface area contributed by atoms with Crippen LogP contribution in [-0.2, 0) is 4.79 Å². The van der Waals surface area contributed by atoms with Gasteiger partial charge in [0, 0.05) is 24.6 Å². The van der Waals surface area contributed by atoms with Gasteiger partial charge in [0.05, 0.1) is 0 Å². The third-order valence-corrected chi connectivity index (χ3v) is 2.94. The van der Waals surface area contributed by atoms with Gasteiger partial charge >= 0.3 is 5.97 Å². The summed E-state index contributed by atoms with van der Waals surface area (Å²) < 4.78 is 13.1. The Hall–Kier alpha value is -1.58. The smallest absolute Gasteiger partial charge is 0.303 e. The fourth-order valence-corrected chi connectivity index (χ4v) is 2.13. The molecule has 3 nitrogen and oxygen atoms in total. The molecule has 2 N–H and O–H groups in total. The van der Waals surface area contributed by atoms with Crippen molar-refractivity contribution >= 4 is 11.7 Å². The van der Waals surface area contributed by atoms with E-state index in [0.717, 1.165) is 24.2 Å². The summed E-state index contributed by atoms with van der Waals surface area (Å²) in [5.41, 5.74) is 1.95. The Bertz CT molecular complexity index is 406. The highest BCUT2D eigenvalue weighted by Crippen LogP contribution is 2.34. The normalized spacial score (nSPS) is 17.9. The van der Waals surface area contributed by atoms with Gasteiger partial charge in [-0.3, -0.25) is 4.79 Å². The number of benzene rings is 1. The zero-order valence-electron chi connectivity index (χ0n) is 8.87. The molecule has 16 heavy (non-hydrogen) atoms. The molecule has 0 amide bonds. The van der Waals surface area contributed by atoms with Crippen LogP contribution in [0.25, 0.3) is 0 Å². The molecule has 0 aliphatic carbocycles. The van der Waals surface area contributed by atoms with Gasteiger partial charge < -0.3 is 10.4 Å². The van der Waals surface area contributed by atoms with Crippen LogP contribution >= 0.6 is 0 Å². The van der Waals surface area contributed by atoms with E-state index in [2.05, 4.69) is 5.32 Å². The van der Waals surface area contributed by atoms with Crippen molar-refractivity contribution in [2.45, 2.75) is 25.2 Å². The van der Waals surface area contributed by atoms with Gasteiger partial charge in [-0.1, -0.05) is 0 Å². The van der Waals surface area contributed by atoms with Crippen LogP contribution in [0.4, 0.5) is 10.1 Å². The predicted octanol–water partition coefficient (Wildman–Crippen LogP) is 2.59. The second-order valence-electron chi connectivity index (χ2n) is 4.10. The van der Waals surface area contributed by atoms with Crippen LogP contribution in [0.2, 0.25) is 0 Å². The van der Waals surface area contributed by atoms with E-state index in [1.54, 1.807) is 12.1 Å². The molecular weight excluding hydrogens is 209 g/mol. The summed E-state index contributed by atoms with van der Waals surface area (Å²) in [4.78, 5) is 10.4. The molecule has 0 fully saturated rings. The third kappa shape index (κ3) is 2.32. The van der Waals surface area contributed by atoms with Crippen LogP contribution in [0.1, 0.15) is 30.7 Å². The number of rotatable bonds is 4. The average molecular weight is 223 g/mol. The van der Waals surface area contributed by atoms with Crippen LogP contribution in [0.5, 0.6) is 0 Å². The lowest BCUT2D eigenvalue weighted by Gasteiger charge is -2.08. The molecule has 1 aliphatic heterocycles. The summed E-state index contributed by atoms with van der Waals surface area (Å²) >= 11 is 0. The topological polar surface area (TPSA) is 49.3 Å². The van der Waals surface area contributed by atoms with Crippen molar-refractivity contribution in [2.24, 2.45) is 0 Å². The molecule has 4 heteroatoms. The number of hydrogen-bond donors (Lipinski definition) is 2. The highest BCUT2D eigenvalue weighted by atomic mass is 19.1. The number of nitrogens with one attached hydrogen (secondary N) is 1. The van der Waals surface area contributed by atoms with E-state index in [-0.39, 0.29) is 18.2 Å². The van der Waals surface area contributed by atoms with Crippen LogP contribution in [0.15, 0.2) is 18.2 Å². The fourth-order valence-electron chi connectivity index (χ4n) is 2.13. The number of anilines is 1. The van der Waals surface area contributed by atoms with E-state index in [0.29, 0.717) is 6.42 Å². The molecule has 0 saturated carbocycles. The van der Waals surface area contributed by atoms with Crippen LogP contribution in [0, 0.1) is 5.82 Å². The lowest BCUT2D eigenvalue weighted by molar-refractivity contribution is -0.137. The lowest BCUT2D eigenvalue weighted by atomic mass is 9.95. The molecule has 1 aromatic carbocycles. The minimum atomic E-state index is -0.773. The monoisotopic (exact) mass is 223 g/mol. The first-order valence-corrected chi connectivity index (χ1v) is 5.42. The Morgan fingerprint density at radius 1 is 1.56 bits per heavy atom. The zero-order valence-corrected chi connectivity index (χ0v) is 8.87. The Kier molecular flexibility index (Phi) is 3.08. The summed E-state index contributed by atoms with van der Waals surface area (Å²) in [5, 5.41) is 11.8. The van der Waals surface area contributed by atoms with Gasteiger partial charge in [-0.25, -0.2) is 4.39 Å². The van der Waals surface area contributed by atoms with E-state index < -0.39 is 5.97 Å². The molecule has 1 aliphatic rings. The number of aliphatic carboxylic acids is 1. The van der Waals surface area contributed by atoms with Gasteiger partial charge in [-0.05, 0) is 36.6 Å². The number of carboxylic acid groups (broad SMARTS) is 1. The number of carboxylic acids is 1. The van der Waals surface area contributed by atoms with Crippen LogP contribution in [0.3, 0.4) is 0 Å². The van der Waals surface area contributed by atoms with Crippen molar-refractivity contribution in [1.82, 2.24) is 0 Å². The van der Waals surface area contributed by atoms with Crippen molar-refractivity contribution in [3.05, 3.63) is 29.6 Å². The molecule has 1 unspecified atom stereocenters. The lowest BCUT2D eigenvalue weighted by Crippen LogP contribution is -2.03. The zero-order chi connectivity index (χ0) is 11.5. The molecule has 1 heterocycles. The number of halogens is 1. The van der Waals surface area contributed by atoms with Crippen molar-refractivity contribution in [2.75, 3.05) is 11.9 Å². The Labute approximate surface area is 93.3 Å². The maximum atomic E-state index is 13.1. The molecule has 0 spiro atoms. The van der Waals surface area contributed by atoms with Gasteiger partial charge in [-0.15, -0.1) is 0 Å². The maximum absolute atomic E-state index is 13.1. The molecule has 1 aromatic rings. The van der Waals surface area contributed by atoms with E-state index in [9.17, 15) is 9.18 Å². The van der Waals surface area contributed by atoms with Crippen molar-refractivity contribution in [3.63, 3.8) is 0 Å². The van der Waals surface area contributed by atoms with E-state index in [1.165, 1.54) is 6.07 Å². The van der Waals surface area contributed by atoms with Crippen LogP contribution < -0.4 is 5.32 Å². The molecule has 86 valence electrons. The average Bonchev–Trinajstić information content (AvgIpc) is 2.60. The number of carbonyl (C=O) groups is 1. The summed E-state index contributed by atoms with van der Waals surface area (Å²) in [6.45, 7) is 0.776. The Morgan fingerprint density at radius 2 is 2.38 bits per heavy atom. The molecular formula is C12H14FNO2. The molecule has 2 rings (SSSR count). The largest absolute Gasteiger partial charge is 0.481 e. The van der Waals surface area contributed by atoms with Crippen LogP contribution in [-0.4, -0.2) is 17.6 Å². The predicted molar refractivity (Wildman–Crippen MR) is 59.1 cm³/mol. The SMILES string of the molecule is O=C(O)CCCC1CNc2ccc(F)cc21. The molecule has 0 radical (unpaired) electrons. The Morgan fingerprint density at radius 3 is 3.12 bits per heavy atom. The summed E-state index contributed by atoms with van der Waals surface area (Å²) in [6.07, 6.45) is 1.61. The summed E-state index contributed by atoms with van der Waals surface area (Å²) in [6, 6.07) is 4.72. The summed E-state index contributed by atoms with van der Waals surface area (Å²) in [7, 11) is 0. The van der Waals surface area contributed by atoms with E-state index >= 15 is 0 Å². The molecule has 0 bridgehead atoms. The van der Waals surface area contributed by atoms with Gasteiger partial charge in [0.1, 0.15) is 5.82 Å². The third-order valence-electron chi connectivity index (χ3n) is 2.94. The first-order chi connectivity index (χ1) is 7.66. The van der Waals surface area contributed by atoms with Crippen molar-refractivity contribution < 1.29 is 14.3 Å². The van der Waals surface area contributed by atoms with E-state index in [4.69, 9.17) is 5.11 Å². The van der Waals surface area contributed by atoms with Gasteiger partial charge in [-0.2, -0.15) is 0 Å². The minimum absolute atomic E-state index is 0.182. The second-order valence-corrected chi connectivity index (χ2v) is 4.10. The molecule has 0 saturated heterocycles. The van der Waals surface area contributed by atoms with Gasteiger partial charge in [0.2, 0.25) is 0 Å².